The van der Waals surface area contributed by atoms with Crippen molar-refractivity contribution in [2.75, 3.05) is 13.1 Å². The maximum absolute atomic E-state index is 11.2. The van der Waals surface area contributed by atoms with Gasteiger partial charge in [0, 0.05) is 32.9 Å². The van der Waals surface area contributed by atoms with Crippen molar-refractivity contribution < 1.29 is 19.4 Å². The summed E-state index contributed by atoms with van der Waals surface area (Å²) in [5, 5.41) is 8.70. The fourth-order valence-corrected chi connectivity index (χ4v) is 2.34. The molecule has 1 heterocycles. The zero-order chi connectivity index (χ0) is 14.5. The average molecular weight is 277 g/mol. The van der Waals surface area contributed by atoms with Crippen LogP contribution < -0.4 is 4.74 Å². The number of piperidine rings is 1. The van der Waals surface area contributed by atoms with Crippen LogP contribution in [0.1, 0.15) is 25.3 Å². The highest BCUT2D eigenvalue weighted by Crippen LogP contribution is 2.19. The van der Waals surface area contributed by atoms with Gasteiger partial charge in [-0.3, -0.25) is 9.59 Å². The molecule has 1 N–H and O–H groups in total. The number of amides is 1. The van der Waals surface area contributed by atoms with Crippen LogP contribution in [-0.2, 0) is 16.0 Å². The summed E-state index contributed by atoms with van der Waals surface area (Å²) in [6.45, 7) is 3.05. The number of benzene rings is 1. The lowest BCUT2D eigenvalue weighted by Gasteiger charge is -2.31. The number of carboxylic acids is 1. The van der Waals surface area contributed by atoms with Crippen molar-refractivity contribution >= 4 is 11.9 Å². The largest absolute Gasteiger partial charge is 0.490 e. The molecule has 0 atom stereocenters. The normalized spacial score (nSPS) is 15.9. The number of carboxylic acid groups (broad SMARTS) is 1. The van der Waals surface area contributed by atoms with Gasteiger partial charge in [0.25, 0.3) is 0 Å². The molecular weight excluding hydrogens is 258 g/mol. The van der Waals surface area contributed by atoms with Crippen molar-refractivity contribution in [3.8, 4) is 5.75 Å². The van der Waals surface area contributed by atoms with Crippen LogP contribution >= 0.6 is 0 Å². The molecule has 20 heavy (non-hydrogen) atoms. The first-order chi connectivity index (χ1) is 9.54. The van der Waals surface area contributed by atoms with Crippen molar-refractivity contribution in [3.63, 3.8) is 0 Å². The molecule has 0 radical (unpaired) electrons. The molecule has 1 aromatic carbocycles. The Morgan fingerprint density at radius 3 is 2.35 bits per heavy atom. The standard InChI is InChI=1S/C15H19NO4/c1-11(17)16-8-6-14(7-9-16)20-13-4-2-12(3-5-13)10-15(18)19/h2-5,14H,6-10H2,1H3,(H,18,19). The number of carbonyl (C=O) groups is 2. The van der Waals surface area contributed by atoms with Crippen molar-refractivity contribution in [1.82, 2.24) is 4.90 Å². The van der Waals surface area contributed by atoms with Gasteiger partial charge < -0.3 is 14.7 Å². The van der Waals surface area contributed by atoms with E-state index >= 15 is 0 Å². The van der Waals surface area contributed by atoms with Crippen LogP contribution in [0.2, 0.25) is 0 Å². The Labute approximate surface area is 118 Å². The van der Waals surface area contributed by atoms with Crippen molar-refractivity contribution in [2.45, 2.75) is 32.3 Å². The minimum absolute atomic E-state index is 0.0251. The monoisotopic (exact) mass is 277 g/mol. The molecule has 5 nitrogen and oxygen atoms in total. The predicted octanol–water partition coefficient (Wildman–Crippen LogP) is 1.70. The van der Waals surface area contributed by atoms with Crippen molar-refractivity contribution in [2.24, 2.45) is 0 Å². The van der Waals surface area contributed by atoms with Gasteiger partial charge in [-0.25, -0.2) is 0 Å². The molecule has 0 saturated carbocycles. The number of hydrogen-bond acceptors (Lipinski definition) is 3. The summed E-state index contributed by atoms with van der Waals surface area (Å²) < 4.78 is 5.86. The third-order valence-corrected chi connectivity index (χ3v) is 3.47. The predicted molar refractivity (Wildman–Crippen MR) is 73.7 cm³/mol. The van der Waals surface area contributed by atoms with E-state index in [2.05, 4.69) is 0 Å². The highest BCUT2D eigenvalue weighted by molar-refractivity contribution is 5.73. The number of hydrogen-bond donors (Lipinski definition) is 1. The van der Waals surface area contributed by atoms with E-state index in [0.717, 1.165) is 37.2 Å². The number of carbonyl (C=O) groups excluding carboxylic acids is 1. The Bertz CT molecular complexity index is 475. The molecule has 1 aromatic rings. The van der Waals surface area contributed by atoms with E-state index in [-0.39, 0.29) is 18.4 Å². The molecule has 1 saturated heterocycles. The van der Waals surface area contributed by atoms with E-state index in [1.165, 1.54) is 0 Å². The van der Waals surface area contributed by atoms with Gasteiger partial charge >= 0.3 is 5.97 Å². The molecule has 0 aliphatic carbocycles. The molecule has 1 aliphatic heterocycles. The van der Waals surface area contributed by atoms with E-state index < -0.39 is 5.97 Å². The molecule has 0 bridgehead atoms. The zero-order valence-corrected chi connectivity index (χ0v) is 11.5. The van der Waals surface area contributed by atoms with Gasteiger partial charge in [-0.15, -0.1) is 0 Å². The molecule has 5 heteroatoms. The summed E-state index contributed by atoms with van der Waals surface area (Å²) in [5.74, 6) is 0.0251. The van der Waals surface area contributed by atoms with Gasteiger partial charge in [0.15, 0.2) is 0 Å². The van der Waals surface area contributed by atoms with Gasteiger partial charge in [0.2, 0.25) is 5.91 Å². The Morgan fingerprint density at radius 2 is 1.85 bits per heavy atom. The number of nitrogens with zero attached hydrogens (tertiary/aromatic N) is 1. The minimum atomic E-state index is -0.838. The van der Waals surface area contributed by atoms with Crippen LogP contribution in [0.15, 0.2) is 24.3 Å². The van der Waals surface area contributed by atoms with Gasteiger partial charge in [-0.1, -0.05) is 12.1 Å². The number of ether oxygens (including phenoxy) is 1. The van der Waals surface area contributed by atoms with E-state index in [0.29, 0.717) is 0 Å². The highest BCUT2D eigenvalue weighted by Gasteiger charge is 2.21. The molecule has 2 rings (SSSR count). The van der Waals surface area contributed by atoms with E-state index in [1.807, 2.05) is 4.90 Å². The van der Waals surface area contributed by atoms with E-state index in [9.17, 15) is 9.59 Å². The van der Waals surface area contributed by atoms with Gasteiger partial charge in [-0.05, 0) is 17.7 Å². The lowest BCUT2D eigenvalue weighted by Crippen LogP contribution is -2.40. The van der Waals surface area contributed by atoms with Crippen LogP contribution in [-0.4, -0.2) is 41.1 Å². The SMILES string of the molecule is CC(=O)N1CCC(Oc2ccc(CC(=O)O)cc2)CC1. The summed E-state index contributed by atoms with van der Waals surface area (Å²) in [6, 6.07) is 7.15. The molecule has 1 amide bonds. The molecule has 108 valence electrons. The first-order valence-electron chi connectivity index (χ1n) is 6.77. The number of rotatable bonds is 4. The summed E-state index contributed by atoms with van der Waals surface area (Å²) in [5.41, 5.74) is 0.760. The lowest BCUT2D eigenvalue weighted by molar-refractivity contribution is -0.136. The molecule has 0 unspecified atom stereocenters. The molecule has 0 aromatic heterocycles. The molecule has 1 fully saturated rings. The zero-order valence-electron chi connectivity index (χ0n) is 11.5. The molecule has 1 aliphatic rings. The van der Waals surface area contributed by atoms with Gasteiger partial charge in [-0.2, -0.15) is 0 Å². The second kappa shape index (κ2) is 6.41. The third-order valence-electron chi connectivity index (χ3n) is 3.47. The van der Waals surface area contributed by atoms with Crippen LogP contribution in [0.5, 0.6) is 5.75 Å². The van der Waals surface area contributed by atoms with Crippen LogP contribution in [0.25, 0.3) is 0 Å². The fraction of sp³-hybridized carbons (Fsp3) is 0.467. The second-order valence-corrected chi connectivity index (χ2v) is 5.04. The maximum Gasteiger partial charge on any atom is 0.307 e. The topological polar surface area (TPSA) is 66.8 Å². The maximum atomic E-state index is 11.2. The van der Waals surface area contributed by atoms with Crippen LogP contribution in [0.4, 0.5) is 0 Å². The quantitative estimate of drug-likeness (QED) is 0.909. The smallest absolute Gasteiger partial charge is 0.307 e. The Kier molecular flexibility index (Phi) is 4.61. The average Bonchev–Trinajstić information content (AvgIpc) is 2.41. The second-order valence-electron chi connectivity index (χ2n) is 5.04. The number of likely N-dealkylation sites (tertiary alicyclic amines) is 1. The van der Waals surface area contributed by atoms with Gasteiger partial charge in [0.1, 0.15) is 11.9 Å². The summed E-state index contributed by atoms with van der Waals surface area (Å²) in [7, 11) is 0. The fourth-order valence-electron chi connectivity index (χ4n) is 2.34. The van der Waals surface area contributed by atoms with Crippen molar-refractivity contribution in [1.29, 1.82) is 0 Å². The lowest BCUT2D eigenvalue weighted by atomic mass is 10.1. The summed E-state index contributed by atoms with van der Waals surface area (Å²) in [6.07, 6.45) is 1.81. The molecular formula is C15H19NO4. The first-order valence-corrected chi connectivity index (χ1v) is 6.77. The first kappa shape index (κ1) is 14.4. The third kappa shape index (κ3) is 3.98. The van der Waals surface area contributed by atoms with Crippen LogP contribution in [0, 0.1) is 0 Å². The molecule has 0 spiro atoms. The number of aliphatic carboxylic acids is 1. The summed E-state index contributed by atoms with van der Waals surface area (Å²) in [4.78, 5) is 23.6. The summed E-state index contributed by atoms with van der Waals surface area (Å²) >= 11 is 0. The van der Waals surface area contributed by atoms with E-state index in [4.69, 9.17) is 9.84 Å². The van der Waals surface area contributed by atoms with Gasteiger partial charge in [0.05, 0.1) is 6.42 Å². The van der Waals surface area contributed by atoms with Crippen molar-refractivity contribution in [3.05, 3.63) is 29.8 Å². The Balaban J connectivity index is 1.85. The Hall–Kier alpha value is -2.04. The minimum Gasteiger partial charge on any atom is -0.490 e. The van der Waals surface area contributed by atoms with Crippen LogP contribution in [0.3, 0.4) is 0 Å². The highest BCUT2D eigenvalue weighted by atomic mass is 16.5. The van der Waals surface area contributed by atoms with E-state index in [1.54, 1.807) is 31.2 Å². The Morgan fingerprint density at radius 1 is 1.25 bits per heavy atom.